The predicted molar refractivity (Wildman–Crippen MR) is 74.9 cm³/mol. The summed E-state index contributed by atoms with van der Waals surface area (Å²) in [5.41, 5.74) is 1.38. The molecule has 1 aliphatic rings. The summed E-state index contributed by atoms with van der Waals surface area (Å²) in [6.07, 6.45) is 2.20. The summed E-state index contributed by atoms with van der Waals surface area (Å²) in [7, 11) is 0. The van der Waals surface area contributed by atoms with E-state index in [2.05, 4.69) is 10.4 Å². The number of rotatable bonds is 3. The van der Waals surface area contributed by atoms with Crippen LogP contribution in [0, 0.1) is 5.82 Å². The Hall–Kier alpha value is -2.01. The van der Waals surface area contributed by atoms with E-state index in [4.69, 9.17) is 0 Å². The van der Waals surface area contributed by atoms with Crippen LogP contribution in [0.2, 0.25) is 0 Å². The summed E-state index contributed by atoms with van der Waals surface area (Å²) in [5, 5.41) is 7.73. The lowest BCUT2D eigenvalue weighted by Crippen LogP contribution is -2.33. The Morgan fingerprint density at radius 3 is 2.75 bits per heavy atom. The highest BCUT2D eigenvalue weighted by Crippen LogP contribution is 2.16. The maximum Gasteiger partial charge on any atom is 0.266 e. The lowest BCUT2D eigenvalue weighted by molar-refractivity contribution is 0.460. The lowest BCUT2D eigenvalue weighted by atomic mass is 10.1. The first-order chi connectivity index (χ1) is 9.72. The van der Waals surface area contributed by atoms with Crippen molar-refractivity contribution >= 4 is 0 Å². The molecule has 1 atom stereocenters. The molecule has 1 aromatic carbocycles. The quantitative estimate of drug-likeness (QED) is 0.927. The SMILES string of the molecule is O=c1ccc(-c2ccc(F)cc2)nn1C[C@@H]1CCCN1. The van der Waals surface area contributed by atoms with Gasteiger partial charge >= 0.3 is 0 Å². The minimum absolute atomic E-state index is 0.107. The first kappa shape index (κ1) is 13.0. The number of halogens is 1. The Balaban J connectivity index is 1.89. The monoisotopic (exact) mass is 273 g/mol. The van der Waals surface area contributed by atoms with Crippen LogP contribution in [0.3, 0.4) is 0 Å². The summed E-state index contributed by atoms with van der Waals surface area (Å²) in [5.74, 6) is -0.280. The van der Waals surface area contributed by atoms with E-state index < -0.39 is 0 Å². The smallest absolute Gasteiger partial charge is 0.266 e. The standard InChI is InChI=1S/C15H16FN3O/c16-12-5-3-11(4-6-12)14-7-8-15(20)19(18-14)10-13-2-1-9-17-13/h3-8,13,17H,1-2,9-10H2/t13-/m0/s1. The average molecular weight is 273 g/mol. The molecule has 4 nitrogen and oxygen atoms in total. The van der Waals surface area contributed by atoms with Crippen molar-refractivity contribution in [3.8, 4) is 11.3 Å². The summed E-state index contributed by atoms with van der Waals surface area (Å²) in [6.45, 7) is 1.57. The van der Waals surface area contributed by atoms with Crippen molar-refractivity contribution in [2.75, 3.05) is 6.54 Å². The molecule has 2 aromatic rings. The molecule has 1 N–H and O–H groups in total. The molecule has 1 fully saturated rings. The number of hydrogen-bond acceptors (Lipinski definition) is 3. The van der Waals surface area contributed by atoms with Crippen molar-refractivity contribution in [1.82, 2.24) is 15.1 Å². The lowest BCUT2D eigenvalue weighted by Gasteiger charge is -2.12. The fraction of sp³-hybridized carbons (Fsp3) is 0.333. The van der Waals surface area contributed by atoms with Crippen molar-refractivity contribution in [1.29, 1.82) is 0 Å². The Bertz CT molecular complexity index is 645. The van der Waals surface area contributed by atoms with Crippen LogP contribution < -0.4 is 10.9 Å². The van der Waals surface area contributed by atoms with Gasteiger partial charge in [-0.2, -0.15) is 5.10 Å². The Morgan fingerprint density at radius 1 is 1.25 bits per heavy atom. The van der Waals surface area contributed by atoms with Gasteiger partial charge in [-0.25, -0.2) is 9.07 Å². The van der Waals surface area contributed by atoms with Crippen LogP contribution >= 0.6 is 0 Å². The van der Waals surface area contributed by atoms with Crippen LogP contribution in [0.1, 0.15) is 12.8 Å². The fourth-order valence-corrected chi connectivity index (χ4v) is 2.48. The molecule has 104 valence electrons. The van der Waals surface area contributed by atoms with Crippen molar-refractivity contribution in [3.63, 3.8) is 0 Å². The molecule has 1 saturated heterocycles. The zero-order chi connectivity index (χ0) is 13.9. The Morgan fingerprint density at radius 2 is 2.05 bits per heavy atom. The minimum atomic E-state index is -0.280. The normalized spacial score (nSPS) is 18.4. The van der Waals surface area contributed by atoms with E-state index in [-0.39, 0.29) is 11.4 Å². The van der Waals surface area contributed by atoms with Gasteiger partial charge in [0.25, 0.3) is 5.56 Å². The summed E-state index contributed by atoms with van der Waals surface area (Å²) < 4.78 is 14.4. The van der Waals surface area contributed by atoms with Gasteiger partial charge in [0.15, 0.2) is 0 Å². The van der Waals surface area contributed by atoms with Gasteiger partial charge in [0.2, 0.25) is 0 Å². The Kier molecular flexibility index (Phi) is 3.60. The molecule has 1 aliphatic heterocycles. The predicted octanol–water partition coefficient (Wildman–Crippen LogP) is 1.80. The number of nitrogens with one attached hydrogen (secondary N) is 1. The van der Waals surface area contributed by atoms with Crippen molar-refractivity contribution in [3.05, 3.63) is 52.6 Å². The largest absolute Gasteiger partial charge is 0.312 e. The van der Waals surface area contributed by atoms with E-state index in [1.807, 2.05) is 0 Å². The van der Waals surface area contributed by atoms with Gasteiger partial charge in [-0.1, -0.05) is 0 Å². The van der Waals surface area contributed by atoms with Crippen molar-refractivity contribution in [2.24, 2.45) is 0 Å². The van der Waals surface area contributed by atoms with Crippen LogP contribution in [-0.4, -0.2) is 22.4 Å². The van der Waals surface area contributed by atoms with E-state index in [0.29, 0.717) is 18.3 Å². The second-order valence-electron chi connectivity index (χ2n) is 5.04. The number of benzene rings is 1. The molecule has 0 spiro atoms. The number of hydrogen-bond donors (Lipinski definition) is 1. The van der Waals surface area contributed by atoms with Crippen LogP contribution in [-0.2, 0) is 6.54 Å². The molecule has 2 heterocycles. The van der Waals surface area contributed by atoms with Gasteiger partial charge in [-0.15, -0.1) is 0 Å². The average Bonchev–Trinajstić information content (AvgIpc) is 2.95. The second kappa shape index (κ2) is 5.54. The van der Waals surface area contributed by atoms with Crippen LogP contribution in [0.15, 0.2) is 41.2 Å². The highest BCUT2D eigenvalue weighted by Gasteiger charge is 2.15. The second-order valence-corrected chi connectivity index (χ2v) is 5.04. The maximum atomic E-state index is 12.9. The van der Waals surface area contributed by atoms with Gasteiger partial charge < -0.3 is 5.32 Å². The van der Waals surface area contributed by atoms with E-state index in [1.165, 1.54) is 22.9 Å². The van der Waals surface area contributed by atoms with Crippen LogP contribution in [0.4, 0.5) is 4.39 Å². The zero-order valence-electron chi connectivity index (χ0n) is 11.1. The first-order valence-corrected chi connectivity index (χ1v) is 6.80. The van der Waals surface area contributed by atoms with Gasteiger partial charge in [0.1, 0.15) is 5.82 Å². The molecule has 3 rings (SSSR count). The van der Waals surface area contributed by atoms with E-state index >= 15 is 0 Å². The van der Waals surface area contributed by atoms with Gasteiger partial charge in [0, 0.05) is 17.7 Å². The molecule has 0 saturated carbocycles. The van der Waals surface area contributed by atoms with Gasteiger partial charge in [-0.3, -0.25) is 4.79 Å². The third kappa shape index (κ3) is 2.77. The molecular weight excluding hydrogens is 257 g/mol. The molecule has 0 bridgehead atoms. The third-order valence-electron chi connectivity index (χ3n) is 3.56. The summed E-state index contributed by atoms with van der Waals surface area (Å²) in [4.78, 5) is 11.9. The molecule has 0 unspecified atom stereocenters. The van der Waals surface area contributed by atoms with Crippen LogP contribution in [0.5, 0.6) is 0 Å². The zero-order valence-corrected chi connectivity index (χ0v) is 11.1. The van der Waals surface area contributed by atoms with E-state index in [1.54, 1.807) is 18.2 Å². The number of nitrogens with zero attached hydrogens (tertiary/aromatic N) is 2. The highest BCUT2D eigenvalue weighted by atomic mass is 19.1. The molecule has 0 amide bonds. The summed E-state index contributed by atoms with van der Waals surface area (Å²) in [6, 6.07) is 9.62. The molecule has 5 heteroatoms. The fourth-order valence-electron chi connectivity index (χ4n) is 2.48. The van der Waals surface area contributed by atoms with E-state index in [9.17, 15) is 9.18 Å². The van der Waals surface area contributed by atoms with Crippen LogP contribution in [0.25, 0.3) is 11.3 Å². The molecular formula is C15H16FN3O. The highest BCUT2D eigenvalue weighted by molar-refractivity contribution is 5.57. The number of aromatic nitrogens is 2. The molecule has 0 radical (unpaired) electrons. The third-order valence-corrected chi connectivity index (χ3v) is 3.56. The van der Waals surface area contributed by atoms with Gasteiger partial charge in [-0.05, 0) is 49.7 Å². The topological polar surface area (TPSA) is 46.9 Å². The van der Waals surface area contributed by atoms with E-state index in [0.717, 1.165) is 24.9 Å². The minimum Gasteiger partial charge on any atom is -0.312 e. The molecule has 20 heavy (non-hydrogen) atoms. The molecule has 1 aromatic heterocycles. The van der Waals surface area contributed by atoms with Gasteiger partial charge in [0.05, 0.1) is 12.2 Å². The molecule has 0 aliphatic carbocycles. The summed E-state index contributed by atoms with van der Waals surface area (Å²) >= 11 is 0. The van der Waals surface area contributed by atoms with Crippen molar-refractivity contribution < 1.29 is 4.39 Å². The maximum absolute atomic E-state index is 12.9. The first-order valence-electron chi connectivity index (χ1n) is 6.80. The van der Waals surface area contributed by atoms with Crippen molar-refractivity contribution in [2.45, 2.75) is 25.4 Å². The Labute approximate surface area is 116 Å².